The summed E-state index contributed by atoms with van der Waals surface area (Å²) >= 11 is 2.04. The molecule has 4 heteroatoms. The van der Waals surface area contributed by atoms with E-state index in [1.807, 2.05) is 46.9 Å². The molecule has 0 saturated carbocycles. The van der Waals surface area contributed by atoms with Gasteiger partial charge in [-0.05, 0) is 12.1 Å². The molecular formula is C10H6IN3. The van der Waals surface area contributed by atoms with Gasteiger partial charge in [0.1, 0.15) is 3.92 Å². The first-order valence-electron chi connectivity index (χ1n) is 4.06. The van der Waals surface area contributed by atoms with E-state index in [0.717, 1.165) is 11.0 Å². The monoisotopic (exact) mass is 295 g/mol. The number of hydrogen-bond acceptors (Lipinski definition) is 3. The average Bonchev–Trinajstić information content (AvgIpc) is 2.27. The molecular weight excluding hydrogens is 289 g/mol. The Kier molecular flexibility index (Phi) is 2.59. The van der Waals surface area contributed by atoms with Gasteiger partial charge in [0, 0.05) is 0 Å². The SMILES string of the molecule is N#CC(I)c1cnc2ccccc2n1. The summed E-state index contributed by atoms with van der Waals surface area (Å²) in [7, 11) is 0. The number of hydrogen-bond donors (Lipinski definition) is 0. The minimum atomic E-state index is -0.232. The molecule has 0 saturated heterocycles. The van der Waals surface area contributed by atoms with Gasteiger partial charge in [0.2, 0.25) is 0 Å². The van der Waals surface area contributed by atoms with Gasteiger partial charge in [0.15, 0.2) is 0 Å². The minimum absolute atomic E-state index is 0.232. The first-order chi connectivity index (χ1) is 6.81. The van der Waals surface area contributed by atoms with Crippen LogP contribution in [0, 0.1) is 11.3 Å². The van der Waals surface area contributed by atoms with Crippen molar-refractivity contribution in [1.82, 2.24) is 9.97 Å². The average molecular weight is 295 g/mol. The van der Waals surface area contributed by atoms with Gasteiger partial charge in [-0.1, -0.05) is 34.7 Å². The first kappa shape index (κ1) is 9.34. The largest absolute Gasteiger partial charge is 0.253 e. The number of nitrogens with zero attached hydrogens (tertiary/aromatic N) is 3. The van der Waals surface area contributed by atoms with Gasteiger partial charge in [-0.2, -0.15) is 5.26 Å². The molecule has 0 N–H and O–H groups in total. The van der Waals surface area contributed by atoms with E-state index in [4.69, 9.17) is 5.26 Å². The van der Waals surface area contributed by atoms with Crippen LogP contribution in [0.1, 0.15) is 9.62 Å². The molecule has 0 bridgehead atoms. The summed E-state index contributed by atoms with van der Waals surface area (Å²) in [5.41, 5.74) is 2.41. The molecule has 0 fully saturated rings. The van der Waals surface area contributed by atoms with Crippen molar-refractivity contribution in [3.05, 3.63) is 36.2 Å². The molecule has 1 atom stereocenters. The van der Waals surface area contributed by atoms with Gasteiger partial charge >= 0.3 is 0 Å². The fourth-order valence-electron chi connectivity index (χ4n) is 1.16. The second kappa shape index (κ2) is 3.88. The number of halogens is 1. The normalized spacial score (nSPS) is 12.3. The van der Waals surface area contributed by atoms with E-state index < -0.39 is 0 Å². The molecule has 0 aliphatic heterocycles. The van der Waals surface area contributed by atoms with E-state index in [-0.39, 0.29) is 3.92 Å². The van der Waals surface area contributed by atoms with Gasteiger partial charge < -0.3 is 0 Å². The van der Waals surface area contributed by atoms with Crippen molar-refractivity contribution < 1.29 is 0 Å². The van der Waals surface area contributed by atoms with Crippen molar-refractivity contribution in [3.63, 3.8) is 0 Å². The Morgan fingerprint density at radius 1 is 1.29 bits per heavy atom. The molecule has 2 aromatic rings. The van der Waals surface area contributed by atoms with Crippen LogP contribution in [0.5, 0.6) is 0 Å². The molecule has 0 radical (unpaired) electrons. The van der Waals surface area contributed by atoms with E-state index in [2.05, 4.69) is 16.0 Å². The van der Waals surface area contributed by atoms with E-state index in [1.165, 1.54) is 0 Å². The smallest absolute Gasteiger partial charge is 0.141 e. The summed E-state index contributed by atoms with van der Waals surface area (Å²) in [6.45, 7) is 0. The third kappa shape index (κ3) is 1.68. The summed E-state index contributed by atoms with van der Waals surface area (Å²) in [6, 6.07) is 9.76. The number of nitriles is 1. The van der Waals surface area contributed by atoms with E-state index in [1.54, 1.807) is 6.20 Å². The van der Waals surface area contributed by atoms with Crippen LogP contribution in [0.25, 0.3) is 11.0 Å². The van der Waals surface area contributed by atoms with Crippen LogP contribution in [-0.4, -0.2) is 9.97 Å². The van der Waals surface area contributed by atoms with Crippen LogP contribution in [0.4, 0.5) is 0 Å². The van der Waals surface area contributed by atoms with E-state index >= 15 is 0 Å². The molecule has 1 heterocycles. The lowest BCUT2D eigenvalue weighted by Crippen LogP contribution is -1.93. The van der Waals surface area contributed by atoms with Crippen LogP contribution < -0.4 is 0 Å². The number of benzene rings is 1. The predicted molar refractivity (Wildman–Crippen MR) is 61.9 cm³/mol. The molecule has 14 heavy (non-hydrogen) atoms. The van der Waals surface area contributed by atoms with Crippen LogP contribution in [0.15, 0.2) is 30.5 Å². The van der Waals surface area contributed by atoms with Gasteiger partial charge in [-0.25, -0.2) is 4.98 Å². The Balaban J connectivity index is 2.58. The fourth-order valence-corrected chi connectivity index (χ4v) is 1.46. The molecule has 68 valence electrons. The van der Waals surface area contributed by atoms with Gasteiger partial charge in [-0.3, -0.25) is 4.98 Å². The quantitative estimate of drug-likeness (QED) is 0.600. The number of fused-ring (bicyclic) bond motifs is 1. The number of rotatable bonds is 1. The van der Waals surface area contributed by atoms with Crippen LogP contribution in [0.3, 0.4) is 0 Å². The maximum Gasteiger partial charge on any atom is 0.141 e. The number of alkyl halides is 1. The van der Waals surface area contributed by atoms with Crippen molar-refractivity contribution >= 4 is 33.6 Å². The summed E-state index contributed by atoms with van der Waals surface area (Å²) in [5, 5.41) is 8.74. The number of aromatic nitrogens is 2. The third-order valence-corrected chi connectivity index (χ3v) is 2.76. The van der Waals surface area contributed by atoms with Gasteiger partial charge in [0.25, 0.3) is 0 Å². The topological polar surface area (TPSA) is 49.6 Å². The Labute approximate surface area is 94.9 Å². The zero-order chi connectivity index (χ0) is 9.97. The van der Waals surface area contributed by atoms with Crippen molar-refractivity contribution in [1.29, 1.82) is 5.26 Å². The highest BCUT2D eigenvalue weighted by atomic mass is 127. The standard InChI is InChI=1S/C10H6IN3/c11-7(5-12)10-6-13-8-3-1-2-4-9(8)14-10/h1-4,6-7H. The molecule has 1 unspecified atom stereocenters. The van der Waals surface area contributed by atoms with Gasteiger partial charge in [-0.15, -0.1) is 0 Å². The number of para-hydroxylation sites is 2. The van der Waals surface area contributed by atoms with Crippen LogP contribution in [-0.2, 0) is 0 Å². The Hall–Kier alpha value is -1.22. The summed E-state index contributed by atoms with van der Waals surface area (Å²) in [5.74, 6) is 0. The lowest BCUT2D eigenvalue weighted by Gasteiger charge is -2.01. The van der Waals surface area contributed by atoms with Crippen molar-refractivity contribution in [3.8, 4) is 6.07 Å². The second-order valence-corrected chi connectivity index (χ2v) is 4.02. The molecule has 3 nitrogen and oxygen atoms in total. The highest BCUT2D eigenvalue weighted by Gasteiger charge is 2.07. The van der Waals surface area contributed by atoms with Crippen LogP contribution in [0.2, 0.25) is 0 Å². The van der Waals surface area contributed by atoms with E-state index in [0.29, 0.717) is 5.69 Å². The summed E-state index contributed by atoms with van der Waals surface area (Å²) < 4.78 is -0.232. The molecule has 2 rings (SSSR count). The molecule has 1 aromatic heterocycles. The fraction of sp³-hybridized carbons (Fsp3) is 0.100. The van der Waals surface area contributed by atoms with E-state index in [9.17, 15) is 0 Å². The Morgan fingerprint density at radius 2 is 2.00 bits per heavy atom. The predicted octanol–water partition coefficient (Wildman–Crippen LogP) is 2.63. The van der Waals surface area contributed by atoms with Crippen molar-refractivity contribution in [2.45, 2.75) is 3.92 Å². The Bertz CT molecular complexity index is 504. The Morgan fingerprint density at radius 3 is 2.71 bits per heavy atom. The van der Waals surface area contributed by atoms with Crippen LogP contribution >= 0.6 is 22.6 Å². The zero-order valence-corrected chi connectivity index (χ0v) is 9.34. The maximum absolute atomic E-state index is 8.74. The summed E-state index contributed by atoms with van der Waals surface area (Å²) in [4.78, 5) is 8.59. The van der Waals surface area contributed by atoms with Gasteiger partial charge in [0.05, 0.1) is 29.0 Å². The first-order valence-corrected chi connectivity index (χ1v) is 5.31. The molecule has 0 amide bonds. The minimum Gasteiger partial charge on any atom is -0.253 e. The third-order valence-electron chi connectivity index (χ3n) is 1.84. The molecule has 0 spiro atoms. The maximum atomic E-state index is 8.74. The second-order valence-electron chi connectivity index (χ2n) is 2.78. The zero-order valence-electron chi connectivity index (χ0n) is 7.18. The molecule has 1 aromatic carbocycles. The molecule has 0 aliphatic carbocycles. The van der Waals surface area contributed by atoms with Crippen molar-refractivity contribution in [2.75, 3.05) is 0 Å². The highest BCUT2D eigenvalue weighted by molar-refractivity contribution is 14.1. The lowest BCUT2D eigenvalue weighted by molar-refractivity contribution is 1.11. The summed E-state index contributed by atoms with van der Waals surface area (Å²) in [6.07, 6.45) is 1.66. The highest BCUT2D eigenvalue weighted by Crippen LogP contribution is 2.21. The van der Waals surface area contributed by atoms with Crippen molar-refractivity contribution in [2.24, 2.45) is 0 Å². The molecule has 0 aliphatic rings. The lowest BCUT2D eigenvalue weighted by atomic mass is 10.3.